The van der Waals surface area contributed by atoms with Crippen LogP contribution in [-0.2, 0) is 6.54 Å². The normalized spacial score (nSPS) is 10.1. The van der Waals surface area contributed by atoms with Crippen LogP contribution in [0.5, 0.6) is 0 Å². The maximum Gasteiger partial charge on any atom is 0.337 e. The number of hydrogen-bond acceptors (Lipinski definition) is 5. The van der Waals surface area contributed by atoms with Crippen LogP contribution in [0.3, 0.4) is 0 Å². The van der Waals surface area contributed by atoms with Gasteiger partial charge < -0.3 is 10.4 Å². The fraction of sp³-hybridized carbons (Fsp3) is 0.0769. The molecule has 0 bridgehead atoms. The fourth-order valence-electron chi connectivity index (χ4n) is 1.67. The van der Waals surface area contributed by atoms with Crippen molar-refractivity contribution >= 4 is 17.5 Å². The Bertz CT molecular complexity index is 706. The number of rotatable bonds is 5. The molecule has 0 saturated carbocycles. The molecule has 0 atom stereocenters. The van der Waals surface area contributed by atoms with Gasteiger partial charge in [-0.1, -0.05) is 18.2 Å². The number of carboxylic acid groups (broad SMARTS) is 1. The zero-order valence-corrected chi connectivity index (χ0v) is 10.6. The molecule has 2 rings (SSSR count). The van der Waals surface area contributed by atoms with Gasteiger partial charge in [-0.3, -0.25) is 10.1 Å². The van der Waals surface area contributed by atoms with Crippen LogP contribution in [0.15, 0.2) is 36.5 Å². The lowest BCUT2D eigenvalue weighted by Crippen LogP contribution is -2.08. The Morgan fingerprint density at radius 3 is 2.76 bits per heavy atom. The van der Waals surface area contributed by atoms with E-state index in [2.05, 4.69) is 10.3 Å². The van der Waals surface area contributed by atoms with Crippen molar-refractivity contribution in [3.8, 4) is 0 Å². The summed E-state index contributed by atoms with van der Waals surface area (Å²) in [5.74, 6) is -1.88. The summed E-state index contributed by atoms with van der Waals surface area (Å²) in [5.41, 5.74) is -0.458. The number of nitrogens with zero attached hydrogens (tertiary/aromatic N) is 2. The predicted molar refractivity (Wildman–Crippen MR) is 71.6 cm³/mol. The minimum absolute atomic E-state index is 0.00701. The van der Waals surface area contributed by atoms with E-state index in [1.54, 1.807) is 6.07 Å². The zero-order valence-electron chi connectivity index (χ0n) is 10.6. The van der Waals surface area contributed by atoms with Gasteiger partial charge in [0.1, 0.15) is 5.82 Å². The Balaban J connectivity index is 2.26. The molecule has 0 unspecified atom stereocenters. The highest BCUT2D eigenvalue weighted by Gasteiger charge is 2.18. The van der Waals surface area contributed by atoms with Crippen LogP contribution in [0.25, 0.3) is 0 Å². The summed E-state index contributed by atoms with van der Waals surface area (Å²) in [6.07, 6.45) is 0.999. The third-order valence-corrected chi connectivity index (χ3v) is 2.72. The predicted octanol–water partition coefficient (Wildman–Crippen LogP) is 2.44. The standard InChI is InChI=1S/C13H10FN3O4/c14-10-4-2-1-3-8(10)6-15-12-11(17(20)21)5-9(7-16-12)13(18)19/h1-5,7H,6H2,(H,15,16)(H,18,19). The van der Waals surface area contributed by atoms with Gasteiger partial charge >= 0.3 is 11.7 Å². The Morgan fingerprint density at radius 1 is 1.43 bits per heavy atom. The van der Waals surface area contributed by atoms with E-state index in [9.17, 15) is 19.3 Å². The fourth-order valence-corrected chi connectivity index (χ4v) is 1.67. The molecule has 0 aliphatic rings. The minimum atomic E-state index is -1.31. The number of nitro groups is 1. The number of pyridine rings is 1. The van der Waals surface area contributed by atoms with Crippen LogP contribution < -0.4 is 5.32 Å². The van der Waals surface area contributed by atoms with E-state index in [0.717, 1.165) is 12.3 Å². The summed E-state index contributed by atoms with van der Waals surface area (Å²) in [6, 6.07) is 6.86. The second kappa shape index (κ2) is 5.95. The largest absolute Gasteiger partial charge is 0.478 e. The number of carbonyl (C=O) groups is 1. The highest BCUT2D eigenvalue weighted by Crippen LogP contribution is 2.23. The Labute approximate surface area is 118 Å². The van der Waals surface area contributed by atoms with E-state index in [1.807, 2.05) is 0 Å². The molecule has 0 radical (unpaired) electrons. The Hall–Kier alpha value is -3.03. The molecule has 0 amide bonds. The lowest BCUT2D eigenvalue weighted by Gasteiger charge is -2.07. The Morgan fingerprint density at radius 2 is 2.14 bits per heavy atom. The molecule has 8 heteroatoms. The number of halogens is 1. The van der Waals surface area contributed by atoms with Gasteiger partial charge in [0.05, 0.1) is 10.5 Å². The van der Waals surface area contributed by atoms with Crippen molar-refractivity contribution in [2.24, 2.45) is 0 Å². The number of aromatic carboxylic acids is 1. The highest BCUT2D eigenvalue weighted by molar-refractivity contribution is 5.88. The number of aromatic nitrogens is 1. The van der Waals surface area contributed by atoms with Gasteiger partial charge in [-0.05, 0) is 6.07 Å². The van der Waals surface area contributed by atoms with Gasteiger partial charge in [-0.25, -0.2) is 14.2 Å². The van der Waals surface area contributed by atoms with Crippen molar-refractivity contribution in [2.75, 3.05) is 5.32 Å². The van der Waals surface area contributed by atoms with Gasteiger partial charge in [0.25, 0.3) is 0 Å². The SMILES string of the molecule is O=C(O)c1cnc(NCc2ccccc2F)c([N+](=O)[O-])c1. The van der Waals surface area contributed by atoms with E-state index in [4.69, 9.17) is 5.11 Å². The molecule has 2 aromatic rings. The van der Waals surface area contributed by atoms with Crippen molar-refractivity contribution in [3.05, 3.63) is 63.6 Å². The van der Waals surface area contributed by atoms with Crippen LogP contribution in [-0.4, -0.2) is 21.0 Å². The smallest absolute Gasteiger partial charge is 0.337 e. The summed E-state index contributed by atoms with van der Waals surface area (Å²) < 4.78 is 13.4. The molecule has 0 saturated heterocycles. The Kier molecular flexibility index (Phi) is 4.07. The van der Waals surface area contributed by atoms with Crippen molar-refractivity contribution in [1.29, 1.82) is 0 Å². The van der Waals surface area contributed by atoms with Gasteiger partial charge in [-0.2, -0.15) is 0 Å². The molecule has 21 heavy (non-hydrogen) atoms. The monoisotopic (exact) mass is 291 g/mol. The van der Waals surface area contributed by atoms with E-state index >= 15 is 0 Å². The van der Waals surface area contributed by atoms with Crippen molar-refractivity contribution < 1.29 is 19.2 Å². The summed E-state index contributed by atoms with van der Waals surface area (Å²) in [7, 11) is 0. The van der Waals surface area contributed by atoms with Gasteiger partial charge in [0, 0.05) is 24.4 Å². The highest BCUT2D eigenvalue weighted by atomic mass is 19.1. The quantitative estimate of drug-likeness (QED) is 0.647. The average molecular weight is 291 g/mol. The zero-order chi connectivity index (χ0) is 15.4. The number of hydrogen-bond donors (Lipinski definition) is 2. The first kappa shape index (κ1) is 14.4. The first-order valence-corrected chi connectivity index (χ1v) is 5.84. The first-order valence-electron chi connectivity index (χ1n) is 5.84. The molecule has 0 aliphatic heterocycles. The van der Waals surface area contributed by atoms with Crippen LogP contribution >= 0.6 is 0 Å². The molecule has 0 spiro atoms. The van der Waals surface area contributed by atoms with Crippen LogP contribution in [0.4, 0.5) is 15.9 Å². The summed E-state index contributed by atoms with van der Waals surface area (Å²) >= 11 is 0. The van der Waals surface area contributed by atoms with E-state index in [1.165, 1.54) is 18.2 Å². The first-order chi connectivity index (χ1) is 9.99. The van der Waals surface area contributed by atoms with E-state index in [-0.39, 0.29) is 17.9 Å². The molecule has 1 aromatic carbocycles. The van der Waals surface area contributed by atoms with Crippen LogP contribution in [0.2, 0.25) is 0 Å². The summed E-state index contributed by atoms with van der Waals surface area (Å²) in [4.78, 5) is 24.7. The number of carboxylic acids is 1. The molecular formula is C13H10FN3O4. The van der Waals surface area contributed by atoms with Crippen LogP contribution in [0, 0.1) is 15.9 Å². The summed E-state index contributed by atoms with van der Waals surface area (Å²) in [6.45, 7) is -0.00701. The van der Waals surface area contributed by atoms with Crippen molar-refractivity contribution in [1.82, 2.24) is 4.98 Å². The number of nitrogens with one attached hydrogen (secondary N) is 1. The molecule has 0 fully saturated rings. The molecular weight excluding hydrogens is 281 g/mol. The van der Waals surface area contributed by atoms with Crippen molar-refractivity contribution in [2.45, 2.75) is 6.54 Å². The number of benzene rings is 1. The van der Waals surface area contributed by atoms with E-state index < -0.39 is 22.4 Å². The molecule has 1 aromatic heterocycles. The lowest BCUT2D eigenvalue weighted by atomic mass is 10.2. The maximum atomic E-state index is 13.4. The topological polar surface area (TPSA) is 105 Å². The van der Waals surface area contributed by atoms with Gasteiger partial charge in [-0.15, -0.1) is 0 Å². The molecule has 1 heterocycles. The second-order valence-corrected chi connectivity index (χ2v) is 4.10. The molecule has 108 valence electrons. The third kappa shape index (κ3) is 3.30. The lowest BCUT2D eigenvalue weighted by molar-refractivity contribution is -0.384. The third-order valence-electron chi connectivity index (χ3n) is 2.72. The van der Waals surface area contributed by atoms with E-state index in [0.29, 0.717) is 5.56 Å². The molecule has 7 nitrogen and oxygen atoms in total. The van der Waals surface area contributed by atoms with Gasteiger partial charge in [0.15, 0.2) is 0 Å². The number of anilines is 1. The molecule has 2 N–H and O–H groups in total. The second-order valence-electron chi connectivity index (χ2n) is 4.10. The van der Waals surface area contributed by atoms with Gasteiger partial charge in [0.2, 0.25) is 5.82 Å². The average Bonchev–Trinajstić information content (AvgIpc) is 2.46. The minimum Gasteiger partial charge on any atom is -0.478 e. The summed E-state index contributed by atoms with van der Waals surface area (Å²) in [5, 5.41) is 22.4. The van der Waals surface area contributed by atoms with Crippen LogP contribution in [0.1, 0.15) is 15.9 Å². The molecule has 0 aliphatic carbocycles. The maximum absolute atomic E-state index is 13.4. The van der Waals surface area contributed by atoms with Crippen molar-refractivity contribution in [3.63, 3.8) is 0 Å².